The van der Waals surface area contributed by atoms with E-state index in [1.54, 1.807) is 0 Å². The van der Waals surface area contributed by atoms with Gasteiger partial charge in [0.15, 0.2) is 0 Å². The summed E-state index contributed by atoms with van der Waals surface area (Å²) in [5.74, 6) is 0. The van der Waals surface area contributed by atoms with Crippen molar-refractivity contribution >= 4 is 23.8 Å². The zero-order valence-corrected chi connectivity index (χ0v) is 6.65. The maximum Gasteiger partial charge on any atom is 0.268 e. The highest BCUT2D eigenvalue weighted by Crippen LogP contribution is 2.36. The third kappa shape index (κ3) is 3.57. The van der Waals surface area contributed by atoms with Crippen LogP contribution in [-0.2, 0) is 13.6 Å². The molecular weight excluding hydrogens is 199 g/mol. The molecule has 0 aliphatic carbocycles. The average Bonchev–Trinajstić information content (AvgIpc) is 1.67. The fourth-order valence-electron chi connectivity index (χ4n) is 0.112. The van der Waals surface area contributed by atoms with Gasteiger partial charge < -0.3 is 13.9 Å². The predicted molar refractivity (Wildman–Crippen MR) is 29.5 cm³/mol. The molecule has 0 aliphatic heterocycles. The van der Waals surface area contributed by atoms with Gasteiger partial charge in [0.1, 0.15) is 5.52 Å². The number of phosphoric acid groups is 1. The van der Waals surface area contributed by atoms with E-state index in [0.29, 0.717) is 0 Å². The zero-order valence-electron chi connectivity index (χ0n) is 4.17. The normalized spacial score (nSPS) is 17.9. The second-order valence-electron chi connectivity index (χ2n) is 0.868. The Balaban J connectivity index is 3.55. The minimum atomic E-state index is -3.97. The molecule has 0 radical (unpaired) electrons. The summed E-state index contributed by atoms with van der Waals surface area (Å²) in [5, 5.41) is 0. The molecule has 0 aromatic heterocycles. The summed E-state index contributed by atoms with van der Waals surface area (Å²) in [6.07, 6.45) is 0. The molecule has 1 atom stereocenters. The monoisotopic (exact) mass is 203 g/mol. The van der Waals surface area contributed by atoms with Gasteiger partial charge in [0.2, 0.25) is 0 Å². The van der Waals surface area contributed by atoms with E-state index in [2.05, 4.69) is 25.0 Å². The third-order valence-electron chi connectivity index (χ3n) is 0.431. The minimum absolute atomic E-state index is 0.0678. The van der Waals surface area contributed by atoms with E-state index >= 15 is 0 Å². The van der Waals surface area contributed by atoms with Gasteiger partial charge in [-0.2, -0.15) is 0 Å². The van der Waals surface area contributed by atoms with E-state index < -0.39 is 7.82 Å². The fraction of sp³-hybridized carbons (Fsp3) is 1.00. The molecule has 50 valence electrons. The molecule has 0 saturated carbocycles. The molecule has 6 heteroatoms. The Morgan fingerprint density at radius 2 is 2.38 bits per heavy atom. The standard InChI is InChI=1S/C2H6BrO4P/c1-6-8(4,5)7-2-3/h2H2,1H3,(H,4,5)/p-1. The molecule has 0 heterocycles. The van der Waals surface area contributed by atoms with E-state index in [-0.39, 0.29) is 5.52 Å². The van der Waals surface area contributed by atoms with Crippen molar-refractivity contribution in [3.8, 4) is 0 Å². The van der Waals surface area contributed by atoms with Crippen LogP contribution < -0.4 is 4.89 Å². The quantitative estimate of drug-likeness (QED) is 0.495. The Morgan fingerprint density at radius 1 is 1.88 bits per heavy atom. The maximum atomic E-state index is 10.2. The van der Waals surface area contributed by atoms with Gasteiger partial charge in [0.25, 0.3) is 7.82 Å². The molecule has 0 N–H and O–H groups in total. The summed E-state index contributed by atoms with van der Waals surface area (Å²) >= 11 is 2.75. The van der Waals surface area contributed by atoms with Gasteiger partial charge >= 0.3 is 0 Å². The summed E-state index contributed by atoms with van der Waals surface area (Å²) in [6, 6.07) is 0. The SMILES string of the molecule is COP(=O)([O-])OCBr. The van der Waals surface area contributed by atoms with E-state index in [9.17, 15) is 9.46 Å². The molecule has 0 fully saturated rings. The molecule has 1 unspecified atom stereocenters. The average molecular weight is 204 g/mol. The van der Waals surface area contributed by atoms with Gasteiger partial charge in [0.05, 0.1) is 0 Å². The first-order valence-corrected chi connectivity index (χ1v) is 4.28. The van der Waals surface area contributed by atoms with Gasteiger partial charge in [-0.3, -0.25) is 4.57 Å². The third-order valence-corrected chi connectivity index (χ3v) is 1.91. The molecule has 0 aromatic carbocycles. The van der Waals surface area contributed by atoms with Gasteiger partial charge in [0, 0.05) is 7.11 Å². The van der Waals surface area contributed by atoms with Crippen LogP contribution in [0, 0.1) is 0 Å². The largest absolute Gasteiger partial charge is 0.756 e. The van der Waals surface area contributed by atoms with Crippen LogP contribution in [0.5, 0.6) is 0 Å². The van der Waals surface area contributed by atoms with E-state index in [4.69, 9.17) is 0 Å². The Kier molecular flexibility index (Phi) is 3.85. The van der Waals surface area contributed by atoms with Crippen molar-refractivity contribution in [2.45, 2.75) is 0 Å². The van der Waals surface area contributed by atoms with Crippen molar-refractivity contribution in [1.29, 1.82) is 0 Å². The van der Waals surface area contributed by atoms with Crippen LogP contribution in [-0.4, -0.2) is 12.6 Å². The number of alkyl halides is 1. The van der Waals surface area contributed by atoms with Gasteiger partial charge in [-0.1, -0.05) is 15.9 Å². The number of hydrogen-bond donors (Lipinski definition) is 0. The second kappa shape index (κ2) is 3.58. The summed E-state index contributed by atoms with van der Waals surface area (Å²) in [6.45, 7) is 0. The minimum Gasteiger partial charge on any atom is -0.756 e. The van der Waals surface area contributed by atoms with Crippen LogP contribution in [0.3, 0.4) is 0 Å². The lowest BCUT2D eigenvalue weighted by Crippen LogP contribution is -2.04. The fourth-order valence-corrected chi connectivity index (χ4v) is 1.09. The van der Waals surface area contributed by atoms with Gasteiger partial charge in [-0.25, -0.2) is 0 Å². The van der Waals surface area contributed by atoms with Crippen LogP contribution >= 0.6 is 23.8 Å². The first-order chi connectivity index (χ1) is 3.62. The van der Waals surface area contributed by atoms with E-state index in [1.165, 1.54) is 0 Å². The molecule has 4 nitrogen and oxygen atoms in total. The molecular formula is C2H5BrO4P-. The first-order valence-electron chi connectivity index (χ1n) is 1.69. The first kappa shape index (κ1) is 8.59. The Labute approximate surface area is 55.5 Å². The van der Waals surface area contributed by atoms with Crippen LogP contribution in [0.1, 0.15) is 0 Å². The van der Waals surface area contributed by atoms with Crippen LogP contribution in [0.25, 0.3) is 0 Å². The maximum absolute atomic E-state index is 10.2. The second-order valence-corrected chi connectivity index (χ2v) is 2.84. The van der Waals surface area contributed by atoms with Crippen LogP contribution in [0.15, 0.2) is 0 Å². The summed E-state index contributed by atoms with van der Waals surface area (Å²) in [4.78, 5) is 10.2. The zero-order chi connectivity index (χ0) is 6.62. The van der Waals surface area contributed by atoms with E-state index in [1.807, 2.05) is 0 Å². The van der Waals surface area contributed by atoms with E-state index in [0.717, 1.165) is 7.11 Å². The number of halogens is 1. The topological polar surface area (TPSA) is 58.6 Å². The predicted octanol–water partition coefficient (Wildman–Crippen LogP) is 0.470. The highest BCUT2D eigenvalue weighted by atomic mass is 79.9. The highest BCUT2D eigenvalue weighted by Gasteiger charge is 2.02. The molecule has 0 bridgehead atoms. The van der Waals surface area contributed by atoms with Gasteiger partial charge in [-0.05, 0) is 0 Å². The Morgan fingerprint density at radius 3 is 2.50 bits per heavy atom. The highest BCUT2D eigenvalue weighted by molar-refractivity contribution is 9.09. The molecule has 0 aliphatic rings. The van der Waals surface area contributed by atoms with Gasteiger partial charge in [-0.15, -0.1) is 0 Å². The number of phosphoric ester groups is 1. The Bertz CT molecular complexity index is 104. The van der Waals surface area contributed by atoms with Crippen molar-refractivity contribution in [2.75, 3.05) is 12.6 Å². The molecule has 0 amide bonds. The van der Waals surface area contributed by atoms with Crippen LogP contribution in [0.2, 0.25) is 0 Å². The molecule has 8 heavy (non-hydrogen) atoms. The van der Waals surface area contributed by atoms with Crippen molar-refractivity contribution < 1.29 is 18.5 Å². The number of rotatable bonds is 3. The molecule has 0 saturated heterocycles. The number of hydrogen-bond acceptors (Lipinski definition) is 4. The van der Waals surface area contributed by atoms with Crippen molar-refractivity contribution in [1.82, 2.24) is 0 Å². The molecule has 0 rings (SSSR count). The summed E-state index contributed by atoms with van der Waals surface area (Å²) in [5.41, 5.74) is -0.0678. The lowest BCUT2D eigenvalue weighted by atomic mass is 11.8. The smallest absolute Gasteiger partial charge is 0.268 e. The summed E-state index contributed by atoms with van der Waals surface area (Å²) in [7, 11) is -2.93. The Hall–Kier alpha value is 0.590. The summed E-state index contributed by atoms with van der Waals surface area (Å²) < 4.78 is 18.2. The van der Waals surface area contributed by atoms with Crippen molar-refractivity contribution in [3.63, 3.8) is 0 Å². The van der Waals surface area contributed by atoms with Crippen LogP contribution in [0.4, 0.5) is 0 Å². The molecule has 0 aromatic rings. The lowest BCUT2D eigenvalue weighted by Gasteiger charge is -2.17. The molecule has 0 spiro atoms. The lowest BCUT2D eigenvalue weighted by molar-refractivity contribution is -0.220. The van der Waals surface area contributed by atoms with Crippen molar-refractivity contribution in [2.24, 2.45) is 0 Å². The van der Waals surface area contributed by atoms with Crippen molar-refractivity contribution in [3.05, 3.63) is 0 Å².